The molecule has 2 aliphatic carbocycles. The molecule has 0 bridgehead atoms. The third-order valence-corrected chi connectivity index (χ3v) is 3.59. The highest BCUT2D eigenvalue weighted by Crippen LogP contribution is 2.41. The van der Waals surface area contributed by atoms with E-state index in [1.807, 2.05) is 0 Å². The fourth-order valence-electron chi connectivity index (χ4n) is 2.77. The Bertz CT molecular complexity index is 133. The molecule has 1 heteroatoms. The van der Waals surface area contributed by atoms with E-state index in [2.05, 4.69) is 0 Å². The molecule has 11 heavy (non-hydrogen) atoms. The van der Waals surface area contributed by atoms with Crippen LogP contribution in [0.4, 0.5) is 0 Å². The van der Waals surface area contributed by atoms with E-state index in [1.165, 1.54) is 44.9 Å². The Morgan fingerprint density at radius 1 is 0.909 bits per heavy atom. The van der Waals surface area contributed by atoms with Crippen LogP contribution in [0.15, 0.2) is 0 Å². The molecule has 0 saturated heterocycles. The van der Waals surface area contributed by atoms with Gasteiger partial charge in [-0.1, -0.05) is 32.1 Å². The van der Waals surface area contributed by atoms with Crippen LogP contribution in [0.5, 0.6) is 0 Å². The van der Waals surface area contributed by atoms with Crippen molar-refractivity contribution in [2.24, 2.45) is 17.6 Å². The average molecular weight is 153 g/mol. The summed E-state index contributed by atoms with van der Waals surface area (Å²) < 4.78 is 0. The predicted octanol–water partition coefficient (Wildman–Crippen LogP) is 2.30. The third kappa shape index (κ3) is 1.44. The standard InChI is InChI=1S/C10H19N/c11-10-7-8-5-3-1-2-4-6-9(8)10/h8-10H,1-7,11H2/t8-,9-,10+/m1/s1. The van der Waals surface area contributed by atoms with Crippen molar-refractivity contribution in [3.63, 3.8) is 0 Å². The van der Waals surface area contributed by atoms with Crippen molar-refractivity contribution in [1.29, 1.82) is 0 Å². The molecule has 0 aromatic heterocycles. The molecule has 0 aliphatic heterocycles. The van der Waals surface area contributed by atoms with Crippen LogP contribution >= 0.6 is 0 Å². The molecule has 2 N–H and O–H groups in total. The highest BCUT2D eigenvalue weighted by molar-refractivity contribution is 4.92. The van der Waals surface area contributed by atoms with Gasteiger partial charge in [0.2, 0.25) is 0 Å². The molecule has 0 radical (unpaired) electrons. The summed E-state index contributed by atoms with van der Waals surface area (Å²) in [4.78, 5) is 0. The lowest BCUT2D eigenvalue weighted by molar-refractivity contribution is 0.102. The monoisotopic (exact) mass is 153 g/mol. The van der Waals surface area contributed by atoms with Crippen molar-refractivity contribution in [3.05, 3.63) is 0 Å². The summed E-state index contributed by atoms with van der Waals surface area (Å²) >= 11 is 0. The average Bonchev–Trinajstić information content (AvgIpc) is 1.96. The van der Waals surface area contributed by atoms with E-state index < -0.39 is 0 Å². The van der Waals surface area contributed by atoms with Gasteiger partial charge in [-0.15, -0.1) is 0 Å². The highest BCUT2D eigenvalue weighted by atomic mass is 14.7. The van der Waals surface area contributed by atoms with Gasteiger partial charge in [-0.3, -0.25) is 0 Å². The van der Waals surface area contributed by atoms with Gasteiger partial charge in [0, 0.05) is 6.04 Å². The first-order valence-electron chi connectivity index (χ1n) is 5.13. The molecule has 0 spiro atoms. The van der Waals surface area contributed by atoms with E-state index in [0.29, 0.717) is 6.04 Å². The Hall–Kier alpha value is -0.0400. The summed E-state index contributed by atoms with van der Waals surface area (Å²) in [5.41, 5.74) is 5.95. The highest BCUT2D eigenvalue weighted by Gasteiger charge is 2.37. The molecule has 1 nitrogen and oxygen atoms in total. The van der Waals surface area contributed by atoms with Gasteiger partial charge in [0.1, 0.15) is 0 Å². The van der Waals surface area contributed by atoms with Crippen molar-refractivity contribution in [2.75, 3.05) is 0 Å². The van der Waals surface area contributed by atoms with E-state index in [0.717, 1.165) is 11.8 Å². The van der Waals surface area contributed by atoms with Crippen LogP contribution in [0.1, 0.15) is 44.9 Å². The molecule has 64 valence electrons. The fourth-order valence-corrected chi connectivity index (χ4v) is 2.77. The lowest BCUT2D eigenvalue weighted by Gasteiger charge is -2.44. The van der Waals surface area contributed by atoms with Crippen LogP contribution in [-0.2, 0) is 0 Å². The van der Waals surface area contributed by atoms with Gasteiger partial charge in [0.05, 0.1) is 0 Å². The Kier molecular flexibility index (Phi) is 2.17. The summed E-state index contributed by atoms with van der Waals surface area (Å²) in [6, 6.07) is 0.568. The minimum atomic E-state index is 0.568. The zero-order valence-electron chi connectivity index (χ0n) is 7.26. The number of fused-ring (bicyclic) bond motifs is 1. The molecule has 3 atom stereocenters. The first-order valence-corrected chi connectivity index (χ1v) is 5.13. The van der Waals surface area contributed by atoms with Crippen molar-refractivity contribution >= 4 is 0 Å². The van der Waals surface area contributed by atoms with Crippen molar-refractivity contribution in [1.82, 2.24) is 0 Å². The van der Waals surface area contributed by atoms with E-state index in [-0.39, 0.29) is 0 Å². The predicted molar refractivity (Wildman–Crippen MR) is 47.3 cm³/mol. The molecule has 2 aliphatic rings. The molecule has 0 unspecified atom stereocenters. The smallest absolute Gasteiger partial charge is 0.00725 e. The number of rotatable bonds is 0. The van der Waals surface area contributed by atoms with Crippen LogP contribution in [0.2, 0.25) is 0 Å². The zero-order chi connectivity index (χ0) is 7.68. The first-order chi connectivity index (χ1) is 5.38. The molecule has 2 rings (SSSR count). The molecule has 0 heterocycles. The van der Waals surface area contributed by atoms with Gasteiger partial charge in [0.15, 0.2) is 0 Å². The van der Waals surface area contributed by atoms with Gasteiger partial charge >= 0.3 is 0 Å². The van der Waals surface area contributed by atoms with Crippen LogP contribution in [0.3, 0.4) is 0 Å². The third-order valence-electron chi connectivity index (χ3n) is 3.59. The zero-order valence-corrected chi connectivity index (χ0v) is 7.26. The molecule has 0 aromatic rings. The summed E-state index contributed by atoms with van der Waals surface area (Å²) in [6.07, 6.45) is 10.0. The Labute approximate surface area is 69.4 Å². The minimum absolute atomic E-state index is 0.568. The second-order valence-electron chi connectivity index (χ2n) is 4.32. The van der Waals surface area contributed by atoms with Crippen molar-refractivity contribution in [3.8, 4) is 0 Å². The molecular formula is C10H19N. The topological polar surface area (TPSA) is 26.0 Å². The maximum absolute atomic E-state index is 5.95. The van der Waals surface area contributed by atoms with E-state index in [9.17, 15) is 0 Å². The molecule has 0 amide bonds. The van der Waals surface area contributed by atoms with Crippen LogP contribution in [0, 0.1) is 11.8 Å². The van der Waals surface area contributed by atoms with Gasteiger partial charge in [-0.05, 0) is 24.7 Å². The molecule has 0 aromatic carbocycles. The number of hydrogen-bond donors (Lipinski definition) is 1. The lowest BCUT2D eigenvalue weighted by atomic mass is 9.64. The Morgan fingerprint density at radius 2 is 1.64 bits per heavy atom. The number of hydrogen-bond acceptors (Lipinski definition) is 1. The van der Waals surface area contributed by atoms with Crippen molar-refractivity contribution in [2.45, 2.75) is 51.0 Å². The maximum Gasteiger partial charge on any atom is 0.00725 e. The first kappa shape index (κ1) is 7.60. The quantitative estimate of drug-likeness (QED) is 0.568. The Balaban J connectivity index is 1.87. The van der Waals surface area contributed by atoms with Gasteiger partial charge in [-0.25, -0.2) is 0 Å². The maximum atomic E-state index is 5.95. The fraction of sp³-hybridized carbons (Fsp3) is 1.00. The van der Waals surface area contributed by atoms with Gasteiger partial charge in [-0.2, -0.15) is 0 Å². The van der Waals surface area contributed by atoms with E-state index >= 15 is 0 Å². The summed E-state index contributed by atoms with van der Waals surface area (Å²) in [6.45, 7) is 0. The minimum Gasteiger partial charge on any atom is -0.327 e. The van der Waals surface area contributed by atoms with E-state index in [1.54, 1.807) is 0 Å². The van der Waals surface area contributed by atoms with E-state index in [4.69, 9.17) is 5.73 Å². The second kappa shape index (κ2) is 3.14. The summed E-state index contributed by atoms with van der Waals surface area (Å²) in [7, 11) is 0. The normalized spacial score (nSPS) is 45.0. The Morgan fingerprint density at radius 3 is 2.36 bits per heavy atom. The van der Waals surface area contributed by atoms with Crippen LogP contribution in [-0.4, -0.2) is 6.04 Å². The second-order valence-corrected chi connectivity index (χ2v) is 4.32. The largest absolute Gasteiger partial charge is 0.327 e. The molecular weight excluding hydrogens is 134 g/mol. The lowest BCUT2D eigenvalue weighted by Crippen LogP contribution is -2.47. The van der Waals surface area contributed by atoms with Crippen molar-refractivity contribution < 1.29 is 0 Å². The molecule has 2 fully saturated rings. The molecule has 2 saturated carbocycles. The summed E-state index contributed by atoms with van der Waals surface area (Å²) in [5.74, 6) is 1.93. The summed E-state index contributed by atoms with van der Waals surface area (Å²) in [5, 5.41) is 0. The number of nitrogens with two attached hydrogens (primary N) is 1. The van der Waals surface area contributed by atoms with Crippen LogP contribution in [0.25, 0.3) is 0 Å². The van der Waals surface area contributed by atoms with Crippen LogP contribution < -0.4 is 5.73 Å². The van der Waals surface area contributed by atoms with Gasteiger partial charge in [0.25, 0.3) is 0 Å². The van der Waals surface area contributed by atoms with Gasteiger partial charge < -0.3 is 5.73 Å². The SMILES string of the molecule is N[C@H]1C[C@H]2CCCCCC[C@H]21.